The summed E-state index contributed by atoms with van der Waals surface area (Å²) < 4.78 is 18.6. The predicted molar refractivity (Wildman–Crippen MR) is 143 cm³/mol. The lowest BCUT2D eigenvalue weighted by atomic mass is 9.42. The molecule has 7 fully saturated rings. The van der Waals surface area contributed by atoms with E-state index in [1.807, 2.05) is 13.8 Å². The SMILES string of the molecule is CC(=O)O[C@H](C[C@]12[C@@H]3[C@@H](C(C)C)CC[C@@]1(C)[C@@H]1CC[C@@]4(CCC[C@H]42)N3C1)C(=O)[C@]1(C)CO[C@@]2(C)CC[C@@H]1O2. The molecule has 7 rings (SSSR count). The van der Waals surface area contributed by atoms with Gasteiger partial charge in [-0.25, -0.2) is 0 Å². The third-order valence-corrected chi connectivity index (χ3v) is 13.7. The van der Waals surface area contributed by atoms with Crippen LogP contribution in [0.25, 0.3) is 0 Å². The van der Waals surface area contributed by atoms with Gasteiger partial charge in [0.15, 0.2) is 17.7 Å². The maximum Gasteiger partial charge on any atom is 0.303 e. The first-order chi connectivity index (χ1) is 17.9. The molecule has 0 amide bonds. The first kappa shape index (κ1) is 26.0. The van der Waals surface area contributed by atoms with Gasteiger partial charge in [-0.3, -0.25) is 14.5 Å². The Balaban J connectivity index is 1.33. The summed E-state index contributed by atoms with van der Waals surface area (Å²) in [6.45, 7) is 14.4. The average Bonchev–Trinajstić information content (AvgIpc) is 3.47. The van der Waals surface area contributed by atoms with Gasteiger partial charge in [0.05, 0.1) is 18.1 Å². The van der Waals surface area contributed by atoms with Crippen LogP contribution in [0.15, 0.2) is 0 Å². The van der Waals surface area contributed by atoms with Crippen molar-refractivity contribution in [2.45, 2.75) is 135 Å². The molecule has 12 atom stereocenters. The number of piperidine rings is 2. The normalized spacial score (nSPS) is 54.7. The molecular formula is C32H49NO5. The van der Waals surface area contributed by atoms with Crippen molar-refractivity contribution in [1.82, 2.24) is 4.90 Å². The second kappa shape index (κ2) is 8.06. The van der Waals surface area contributed by atoms with E-state index in [0.717, 1.165) is 12.8 Å². The number of carbonyl (C=O) groups is 2. The highest BCUT2D eigenvalue weighted by Crippen LogP contribution is 2.79. The van der Waals surface area contributed by atoms with Gasteiger partial charge >= 0.3 is 5.97 Å². The third-order valence-electron chi connectivity index (χ3n) is 13.7. The number of nitrogens with zero attached hydrogens (tertiary/aromatic N) is 1. The Morgan fingerprint density at radius 2 is 1.82 bits per heavy atom. The van der Waals surface area contributed by atoms with Crippen molar-refractivity contribution in [3.05, 3.63) is 0 Å². The molecule has 1 unspecified atom stereocenters. The van der Waals surface area contributed by atoms with Crippen molar-refractivity contribution < 1.29 is 23.8 Å². The Morgan fingerprint density at radius 1 is 1.03 bits per heavy atom. The van der Waals surface area contributed by atoms with Gasteiger partial charge in [-0.1, -0.05) is 27.2 Å². The molecule has 5 heterocycles. The van der Waals surface area contributed by atoms with Gasteiger partial charge in [0.2, 0.25) is 0 Å². The van der Waals surface area contributed by atoms with Crippen molar-refractivity contribution in [1.29, 1.82) is 0 Å². The fraction of sp³-hybridized carbons (Fsp3) is 0.938. The van der Waals surface area contributed by atoms with E-state index in [4.69, 9.17) is 14.2 Å². The molecule has 6 nitrogen and oxygen atoms in total. The number of carbonyl (C=O) groups excluding carboxylic acids is 2. The molecule has 7 aliphatic rings. The zero-order valence-corrected chi connectivity index (χ0v) is 24.5. The minimum absolute atomic E-state index is 0.00279. The highest BCUT2D eigenvalue weighted by atomic mass is 16.7. The van der Waals surface area contributed by atoms with Crippen molar-refractivity contribution in [2.75, 3.05) is 13.2 Å². The third kappa shape index (κ3) is 3.01. The summed E-state index contributed by atoms with van der Waals surface area (Å²) in [4.78, 5) is 30.3. The Labute approximate surface area is 228 Å². The van der Waals surface area contributed by atoms with E-state index in [1.54, 1.807) is 0 Å². The van der Waals surface area contributed by atoms with Crippen LogP contribution in [0.4, 0.5) is 0 Å². The smallest absolute Gasteiger partial charge is 0.303 e. The lowest BCUT2D eigenvalue weighted by molar-refractivity contribution is -0.284. The second-order valence-corrected chi connectivity index (χ2v) is 15.4. The summed E-state index contributed by atoms with van der Waals surface area (Å²) in [5.41, 5.74) is -0.325. The zero-order chi connectivity index (χ0) is 26.9. The summed E-state index contributed by atoms with van der Waals surface area (Å²) in [5, 5.41) is 0. The number of rotatable bonds is 6. The lowest BCUT2D eigenvalue weighted by Crippen LogP contribution is -2.69. The van der Waals surface area contributed by atoms with Crippen LogP contribution >= 0.6 is 0 Å². The maximum absolute atomic E-state index is 14.7. The first-order valence-corrected chi connectivity index (χ1v) is 15.7. The number of hydrogen-bond acceptors (Lipinski definition) is 6. The van der Waals surface area contributed by atoms with Crippen LogP contribution < -0.4 is 0 Å². The molecule has 1 spiro atoms. The second-order valence-electron chi connectivity index (χ2n) is 15.4. The van der Waals surface area contributed by atoms with Crippen LogP contribution in [0, 0.1) is 39.9 Å². The Morgan fingerprint density at radius 3 is 2.55 bits per heavy atom. The molecule has 0 aromatic carbocycles. The van der Waals surface area contributed by atoms with Gasteiger partial charge in [0, 0.05) is 36.9 Å². The zero-order valence-electron chi connectivity index (χ0n) is 24.5. The van der Waals surface area contributed by atoms with Crippen LogP contribution in [0.3, 0.4) is 0 Å². The summed E-state index contributed by atoms with van der Waals surface area (Å²) in [6, 6.07) is 0.482. The van der Waals surface area contributed by atoms with Gasteiger partial charge in [-0.2, -0.15) is 0 Å². The molecule has 7 bridgehead atoms. The predicted octanol–water partition coefficient (Wildman–Crippen LogP) is 5.51. The van der Waals surface area contributed by atoms with E-state index in [0.29, 0.717) is 42.7 Å². The maximum atomic E-state index is 14.7. The van der Waals surface area contributed by atoms with E-state index in [-0.39, 0.29) is 34.2 Å². The highest BCUT2D eigenvalue weighted by Gasteiger charge is 2.80. The summed E-state index contributed by atoms with van der Waals surface area (Å²) >= 11 is 0. The van der Waals surface area contributed by atoms with Crippen LogP contribution in [-0.4, -0.2) is 59.4 Å². The first-order valence-electron chi connectivity index (χ1n) is 15.7. The van der Waals surface area contributed by atoms with E-state index >= 15 is 0 Å². The Kier molecular flexibility index (Phi) is 5.51. The molecule has 212 valence electrons. The van der Waals surface area contributed by atoms with Gasteiger partial charge < -0.3 is 14.2 Å². The molecule has 2 aliphatic carbocycles. The number of ketones is 1. The minimum Gasteiger partial charge on any atom is -0.454 e. The molecule has 0 radical (unpaired) electrons. The van der Waals surface area contributed by atoms with Gasteiger partial charge in [0.1, 0.15) is 0 Å². The molecule has 2 saturated carbocycles. The van der Waals surface area contributed by atoms with Gasteiger partial charge in [-0.05, 0) is 94.3 Å². The molecular weight excluding hydrogens is 478 g/mol. The van der Waals surface area contributed by atoms with Crippen LogP contribution in [0.5, 0.6) is 0 Å². The van der Waals surface area contributed by atoms with Crippen LogP contribution in [0.1, 0.15) is 106 Å². The van der Waals surface area contributed by atoms with E-state index < -0.39 is 17.3 Å². The largest absolute Gasteiger partial charge is 0.454 e. The average molecular weight is 528 g/mol. The molecule has 5 aliphatic heterocycles. The molecule has 6 heteroatoms. The highest BCUT2D eigenvalue weighted by molar-refractivity contribution is 5.91. The molecule has 38 heavy (non-hydrogen) atoms. The van der Waals surface area contributed by atoms with Crippen molar-refractivity contribution >= 4 is 11.8 Å². The van der Waals surface area contributed by atoms with Crippen LogP contribution in [0.2, 0.25) is 0 Å². The molecule has 0 aromatic rings. The Bertz CT molecular complexity index is 1040. The minimum atomic E-state index is -0.792. The molecule has 5 saturated heterocycles. The lowest BCUT2D eigenvalue weighted by Gasteiger charge is -2.67. The summed E-state index contributed by atoms with van der Waals surface area (Å²) in [5.74, 6) is 1.60. The number of Topliss-reactive ketones (excluding diaryl/α,β-unsaturated/α-hetero) is 1. The standard InChI is InChI=1S/C32H49NO5/c1-19(2)22-10-13-29(5)21-9-15-31-12-7-8-24(31)32(29,26(22)33(31)17-21)16-23(37-20(3)34)27(35)28(4)18-36-30(6)14-11-25(28)38-30/h19,21-26H,7-18H2,1-6H3/t21-,22-,23-,24-,25+,26+,28-,29+,30-,31-,32+/m1/s1. The molecule has 0 aromatic heterocycles. The Hall–Kier alpha value is -0.980. The summed E-state index contributed by atoms with van der Waals surface area (Å²) in [7, 11) is 0. The number of fused-ring (bicyclic) bond motifs is 4. The quantitative estimate of drug-likeness (QED) is 0.424. The van der Waals surface area contributed by atoms with Gasteiger partial charge in [-0.15, -0.1) is 0 Å². The van der Waals surface area contributed by atoms with Gasteiger partial charge in [0.25, 0.3) is 0 Å². The fourth-order valence-corrected chi connectivity index (χ4v) is 11.9. The number of esters is 1. The van der Waals surface area contributed by atoms with E-state index in [1.165, 1.54) is 58.4 Å². The monoisotopic (exact) mass is 527 g/mol. The van der Waals surface area contributed by atoms with Crippen LogP contribution in [-0.2, 0) is 23.8 Å². The van der Waals surface area contributed by atoms with E-state index in [2.05, 4.69) is 25.7 Å². The van der Waals surface area contributed by atoms with Crippen molar-refractivity contribution in [3.8, 4) is 0 Å². The topological polar surface area (TPSA) is 65.1 Å². The fourth-order valence-electron chi connectivity index (χ4n) is 11.9. The van der Waals surface area contributed by atoms with Crippen molar-refractivity contribution in [3.63, 3.8) is 0 Å². The van der Waals surface area contributed by atoms with E-state index in [9.17, 15) is 9.59 Å². The van der Waals surface area contributed by atoms with Crippen molar-refractivity contribution in [2.24, 2.45) is 39.9 Å². The summed E-state index contributed by atoms with van der Waals surface area (Å²) in [6.07, 6.45) is 10.4. The number of hydrogen-bond donors (Lipinski definition) is 0. The molecule has 0 N–H and O–H groups in total. The number of ether oxygens (including phenoxy) is 3.